The first kappa shape index (κ1) is 9.97. The van der Waals surface area contributed by atoms with Crippen LogP contribution in [0.25, 0.3) is 0 Å². The highest BCUT2D eigenvalue weighted by atomic mass is 16.2. The highest BCUT2D eigenvalue weighted by molar-refractivity contribution is 5.86. The lowest BCUT2D eigenvalue weighted by Gasteiger charge is -2.35. The van der Waals surface area contributed by atoms with Crippen LogP contribution in [0.1, 0.15) is 44.9 Å². The molecular formula is C11H20N2O. The molecule has 0 bridgehead atoms. The third kappa shape index (κ3) is 1.78. The van der Waals surface area contributed by atoms with Gasteiger partial charge in [-0.25, -0.2) is 0 Å². The fraction of sp³-hybridized carbons (Fsp3) is 0.909. The van der Waals surface area contributed by atoms with E-state index in [1.807, 2.05) is 4.90 Å². The van der Waals surface area contributed by atoms with Gasteiger partial charge in [-0.2, -0.15) is 0 Å². The van der Waals surface area contributed by atoms with Crippen molar-refractivity contribution in [3.05, 3.63) is 0 Å². The summed E-state index contributed by atoms with van der Waals surface area (Å²) < 4.78 is 0. The van der Waals surface area contributed by atoms with E-state index in [-0.39, 0.29) is 5.91 Å². The molecule has 14 heavy (non-hydrogen) atoms. The van der Waals surface area contributed by atoms with Crippen molar-refractivity contribution in [1.29, 1.82) is 0 Å². The number of nitrogens with zero attached hydrogens (tertiary/aromatic N) is 1. The lowest BCUT2D eigenvalue weighted by molar-refractivity contribution is -0.137. The Balaban J connectivity index is 2.00. The number of nitrogens with two attached hydrogens (primary N) is 1. The number of carbonyl (C=O) groups is 1. The van der Waals surface area contributed by atoms with Gasteiger partial charge < -0.3 is 10.6 Å². The summed E-state index contributed by atoms with van der Waals surface area (Å²) in [6, 6.07) is 0. The van der Waals surface area contributed by atoms with Crippen LogP contribution >= 0.6 is 0 Å². The van der Waals surface area contributed by atoms with Gasteiger partial charge in [0.15, 0.2) is 0 Å². The average Bonchev–Trinajstić information content (AvgIpc) is 2.70. The zero-order valence-electron chi connectivity index (χ0n) is 8.80. The molecule has 2 fully saturated rings. The van der Waals surface area contributed by atoms with Crippen LogP contribution in [-0.4, -0.2) is 29.4 Å². The van der Waals surface area contributed by atoms with E-state index in [4.69, 9.17) is 5.73 Å². The van der Waals surface area contributed by atoms with Gasteiger partial charge in [0.05, 0.1) is 5.54 Å². The summed E-state index contributed by atoms with van der Waals surface area (Å²) in [5.41, 5.74) is 5.68. The maximum absolute atomic E-state index is 12.1. The minimum atomic E-state index is -0.511. The number of hydrogen-bond donors (Lipinski definition) is 1. The third-order valence-electron chi connectivity index (χ3n) is 3.56. The van der Waals surface area contributed by atoms with Crippen LogP contribution in [0.15, 0.2) is 0 Å². The molecule has 80 valence electrons. The van der Waals surface area contributed by atoms with Crippen LogP contribution in [0.4, 0.5) is 0 Å². The summed E-state index contributed by atoms with van der Waals surface area (Å²) in [5.74, 6) is 0.217. The van der Waals surface area contributed by atoms with E-state index in [2.05, 4.69) is 0 Å². The fourth-order valence-electron chi connectivity index (χ4n) is 2.63. The minimum absolute atomic E-state index is 0.217. The lowest BCUT2D eigenvalue weighted by Crippen LogP contribution is -2.55. The molecule has 0 unspecified atom stereocenters. The topological polar surface area (TPSA) is 46.3 Å². The Morgan fingerprint density at radius 3 is 2.14 bits per heavy atom. The molecule has 2 rings (SSSR count). The number of rotatable bonds is 1. The second-order valence-corrected chi connectivity index (χ2v) is 4.72. The van der Waals surface area contributed by atoms with Crippen molar-refractivity contribution in [2.45, 2.75) is 50.5 Å². The van der Waals surface area contributed by atoms with Crippen LogP contribution in [0.2, 0.25) is 0 Å². The van der Waals surface area contributed by atoms with E-state index >= 15 is 0 Å². The summed E-state index contributed by atoms with van der Waals surface area (Å²) in [7, 11) is 0. The molecule has 1 saturated heterocycles. The fourth-order valence-corrected chi connectivity index (χ4v) is 2.63. The lowest BCUT2D eigenvalue weighted by atomic mass is 9.81. The van der Waals surface area contributed by atoms with Crippen molar-refractivity contribution in [3.8, 4) is 0 Å². The van der Waals surface area contributed by atoms with Gasteiger partial charge in [-0.3, -0.25) is 4.79 Å². The highest BCUT2D eigenvalue weighted by Gasteiger charge is 2.38. The normalized spacial score (nSPS) is 26.5. The molecule has 0 aromatic carbocycles. The van der Waals surface area contributed by atoms with Gasteiger partial charge >= 0.3 is 0 Å². The second kappa shape index (κ2) is 3.89. The molecule has 1 amide bonds. The van der Waals surface area contributed by atoms with Crippen molar-refractivity contribution in [3.63, 3.8) is 0 Å². The van der Waals surface area contributed by atoms with Crippen LogP contribution in [0.3, 0.4) is 0 Å². The molecule has 1 aliphatic carbocycles. The Kier molecular flexibility index (Phi) is 2.77. The molecule has 0 aromatic heterocycles. The molecule has 1 saturated carbocycles. The molecule has 0 radical (unpaired) electrons. The predicted octanol–water partition coefficient (Wildman–Crippen LogP) is 1.27. The molecule has 2 aliphatic rings. The van der Waals surface area contributed by atoms with Gasteiger partial charge in [0.1, 0.15) is 0 Å². The van der Waals surface area contributed by atoms with Gasteiger partial charge in [-0.05, 0) is 25.7 Å². The Morgan fingerprint density at radius 2 is 1.57 bits per heavy atom. The van der Waals surface area contributed by atoms with E-state index in [1.54, 1.807) is 0 Å². The van der Waals surface area contributed by atoms with E-state index in [0.29, 0.717) is 0 Å². The Labute approximate surface area is 85.6 Å². The van der Waals surface area contributed by atoms with Gasteiger partial charge in [0.25, 0.3) is 0 Å². The van der Waals surface area contributed by atoms with Crippen LogP contribution in [-0.2, 0) is 4.79 Å². The Morgan fingerprint density at radius 1 is 1.00 bits per heavy atom. The van der Waals surface area contributed by atoms with Crippen molar-refractivity contribution < 1.29 is 4.79 Å². The van der Waals surface area contributed by atoms with Crippen molar-refractivity contribution >= 4 is 5.91 Å². The zero-order valence-corrected chi connectivity index (χ0v) is 8.80. The number of amides is 1. The molecule has 2 N–H and O–H groups in total. The second-order valence-electron chi connectivity index (χ2n) is 4.72. The van der Waals surface area contributed by atoms with Gasteiger partial charge in [0, 0.05) is 13.1 Å². The van der Waals surface area contributed by atoms with Crippen LogP contribution < -0.4 is 5.73 Å². The summed E-state index contributed by atoms with van der Waals surface area (Å²) in [4.78, 5) is 14.1. The predicted molar refractivity (Wildman–Crippen MR) is 55.8 cm³/mol. The van der Waals surface area contributed by atoms with Gasteiger partial charge in [-0.1, -0.05) is 19.3 Å². The smallest absolute Gasteiger partial charge is 0.242 e. The zero-order chi connectivity index (χ0) is 10.0. The van der Waals surface area contributed by atoms with Gasteiger partial charge in [-0.15, -0.1) is 0 Å². The monoisotopic (exact) mass is 196 g/mol. The molecule has 3 nitrogen and oxygen atoms in total. The first-order valence-electron chi connectivity index (χ1n) is 5.81. The average molecular weight is 196 g/mol. The molecule has 0 spiro atoms. The summed E-state index contributed by atoms with van der Waals surface area (Å²) in [6.45, 7) is 1.86. The number of hydrogen-bond acceptors (Lipinski definition) is 2. The third-order valence-corrected chi connectivity index (χ3v) is 3.56. The van der Waals surface area contributed by atoms with E-state index in [9.17, 15) is 4.79 Å². The van der Waals surface area contributed by atoms with E-state index in [1.165, 1.54) is 6.42 Å². The number of carbonyl (C=O) groups excluding carboxylic acids is 1. The van der Waals surface area contributed by atoms with Crippen molar-refractivity contribution in [2.75, 3.05) is 13.1 Å². The quantitative estimate of drug-likeness (QED) is 0.686. The first-order valence-corrected chi connectivity index (χ1v) is 5.81. The maximum atomic E-state index is 12.1. The minimum Gasteiger partial charge on any atom is -0.341 e. The SMILES string of the molecule is NC1(C(=O)N2CCCC2)CCCCC1. The molecule has 1 heterocycles. The van der Waals surface area contributed by atoms with Crippen LogP contribution in [0.5, 0.6) is 0 Å². The largest absolute Gasteiger partial charge is 0.341 e. The molecule has 1 aliphatic heterocycles. The van der Waals surface area contributed by atoms with E-state index < -0.39 is 5.54 Å². The van der Waals surface area contributed by atoms with E-state index in [0.717, 1.165) is 51.6 Å². The highest BCUT2D eigenvalue weighted by Crippen LogP contribution is 2.28. The summed E-state index contributed by atoms with van der Waals surface area (Å²) in [6.07, 6.45) is 7.58. The molecular weight excluding hydrogens is 176 g/mol. The standard InChI is InChI=1S/C11H20N2O/c12-11(6-2-1-3-7-11)10(14)13-8-4-5-9-13/h1-9,12H2. The van der Waals surface area contributed by atoms with Gasteiger partial charge in [0.2, 0.25) is 5.91 Å². The number of likely N-dealkylation sites (tertiary alicyclic amines) is 1. The summed E-state index contributed by atoms with van der Waals surface area (Å²) >= 11 is 0. The maximum Gasteiger partial charge on any atom is 0.242 e. The Bertz CT molecular complexity index is 215. The summed E-state index contributed by atoms with van der Waals surface area (Å²) in [5, 5.41) is 0. The molecule has 0 atom stereocenters. The van der Waals surface area contributed by atoms with Crippen molar-refractivity contribution in [1.82, 2.24) is 4.90 Å². The Hall–Kier alpha value is -0.570. The van der Waals surface area contributed by atoms with Crippen molar-refractivity contribution in [2.24, 2.45) is 5.73 Å². The first-order chi connectivity index (χ1) is 6.72. The molecule has 0 aromatic rings. The van der Waals surface area contributed by atoms with Crippen LogP contribution in [0, 0.1) is 0 Å². The molecule has 3 heteroatoms.